The van der Waals surface area contributed by atoms with Crippen molar-refractivity contribution in [2.24, 2.45) is 0 Å². The van der Waals surface area contributed by atoms with Gasteiger partial charge in [-0.25, -0.2) is 4.39 Å². The highest BCUT2D eigenvalue weighted by atomic mass is 19.1. The molecule has 0 fully saturated rings. The van der Waals surface area contributed by atoms with Crippen LogP contribution in [0.25, 0.3) is 11.3 Å². The van der Waals surface area contributed by atoms with E-state index in [-0.39, 0.29) is 5.82 Å². The molecule has 4 heteroatoms. The van der Waals surface area contributed by atoms with Gasteiger partial charge in [-0.1, -0.05) is 12.1 Å². The number of aromatic nitrogens is 2. The molecule has 0 saturated carbocycles. The van der Waals surface area contributed by atoms with Gasteiger partial charge in [-0.2, -0.15) is 5.10 Å². The first-order valence-corrected chi connectivity index (χ1v) is 5.17. The van der Waals surface area contributed by atoms with Crippen molar-refractivity contribution in [3.05, 3.63) is 41.3 Å². The first-order valence-electron chi connectivity index (χ1n) is 5.17. The van der Waals surface area contributed by atoms with Crippen LogP contribution in [0.4, 0.5) is 4.39 Å². The van der Waals surface area contributed by atoms with Crippen LogP contribution in [0.5, 0.6) is 0 Å². The van der Waals surface area contributed by atoms with Crippen molar-refractivity contribution in [1.82, 2.24) is 15.5 Å². The number of nitrogens with one attached hydrogen (secondary N) is 2. The highest BCUT2D eigenvalue weighted by Crippen LogP contribution is 2.25. The number of nitrogens with zero attached hydrogens (tertiary/aromatic N) is 1. The number of halogens is 1. The van der Waals surface area contributed by atoms with Gasteiger partial charge in [0.05, 0.1) is 11.4 Å². The predicted octanol–water partition coefficient (Wildman–Crippen LogP) is 2.24. The lowest BCUT2D eigenvalue weighted by atomic mass is 10.1. The average Bonchev–Trinajstić information content (AvgIpc) is 2.62. The fourth-order valence-corrected chi connectivity index (χ4v) is 1.70. The van der Waals surface area contributed by atoms with Gasteiger partial charge in [0.1, 0.15) is 5.82 Å². The second-order valence-corrected chi connectivity index (χ2v) is 3.69. The van der Waals surface area contributed by atoms with Gasteiger partial charge in [-0.05, 0) is 31.7 Å². The highest BCUT2D eigenvalue weighted by molar-refractivity contribution is 5.64. The Labute approximate surface area is 93.7 Å². The lowest BCUT2D eigenvalue weighted by molar-refractivity contribution is 0.630. The third-order valence-corrected chi connectivity index (χ3v) is 2.59. The molecule has 0 aliphatic carbocycles. The summed E-state index contributed by atoms with van der Waals surface area (Å²) in [5, 5.41) is 10.1. The van der Waals surface area contributed by atoms with Gasteiger partial charge in [0.2, 0.25) is 0 Å². The van der Waals surface area contributed by atoms with Crippen molar-refractivity contribution < 1.29 is 4.39 Å². The number of hydrogen-bond acceptors (Lipinski definition) is 2. The van der Waals surface area contributed by atoms with Crippen LogP contribution in [0.2, 0.25) is 0 Å². The number of hydrogen-bond donors (Lipinski definition) is 2. The van der Waals surface area contributed by atoms with Crippen molar-refractivity contribution in [2.45, 2.75) is 13.5 Å². The van der Waals surface area contributed by atoms with Crippen LogP contribution in [-0.2, 0) is 6.54 Å². The van der Waals surface area contributed by atoms with Crippen molar-refractivity contribution in [1.29, 1.82) is 0 Å². The quantitative estimate of drug-likeness (QED) is 0.831. The fraction of sp³-hybridized carbons (Fsp3) is 0.250. The van der Waals surface area contributed by atoms with Crippen LogP contribution in [0.15, 0.2) is 24.3 Å². The van der Waals surface area contributed by atoms with Gasteiger partial charge < -0.3 is 5.32 Å². The average molecular weight is 219 g/mol. The minimum absolute atomic E-state index is 0.242. The van der Waals surface area contributed by atoms with Crippen LogP contribution in [0, 0.1) is 12.7 Å². The summed E-state index contributed by atoms with van der Waals surface area (Å²) in [5.74, 6) is -0.242. The van der Waals surface area contributed by atoms with Crippen LogP contribution < -0.4 is 5.32 Å². The Kier molecular flexibility index (Phi) is 3.01. The van der Waals surface area contributed by atoms with E-state index in [2.05, 4.69) is 15.5 Å². The van der Waals surface area contributed by atoms with E-state index in [1.54, 1.807) is 12.1 Å². The molecule has 0 atom stereocenters. The monoisotopic (exact) mass is 219 g/mol. The lowest BCUT2D eigenvalue weighted by Crippen LogP contribution is -2.06. The highest BCUT2D eigenvalue weighted by Gasteiger charge is 2.13. The Bertz CT molecular complexity index is 491. The molecule has 1 heterocycles. The Morgan fingerprint density at radius 1 is 1.38 bits per heavy atom. The van der Waals surface area contributed by atoms with Crippen molar-refractivity contribution >= 4 is 0 Å². The molecule has 2 aromatic rings. The Hall–Kier alpha value is -1.68. The second kappa shape index (κ2) is 4.45. The summed E-state index contributed by atoms with van der Waals surface area (Å²) in [6.07, 6.45) is 0. The van der Waals surface area contributed by atoms with E-state index >= 15 is 0 Å². The van der Waals surface area contributed by atoms with Gasteiger partial charge >= 0.3 is 0 Å². The van der Waals surface area contributed by atoms with E-state index in [0.29, 0.717) is 17.8 Å². The molecule has 0 radical (unpaired) electrons. The zero-order valence-electron chi connectivity index (χ0n) is 9.34. The van der Waals surface area contributed by atoms with Crippen LogP contribution in [-0.4, -0.2) is 17.2 Å². The van der Waals surface area contributed by atoms with Gasteiger partial charge in [-0.15, -0.1) is 0 Å². The van der Waals surface area contributed by atoms with Crippen LogP contribution >= 0.6 is 0 Å². The third-order valence-electron chi connectivity index (χ3n) is 2.59. The molecule has 16 heavy (non-hydrogen) atoms. The predicted molar refractivity (Wildman–Crippen MR) is 61.5 cm³/mol. The molecule has 1 aromatic heterocycles. The summed E-state index contributed by atoms with van der Waals surface area (Å²) in [5.41, 5.74) is 3.20. The van der Waals surface area contributed by atoms with Crippen molar-refractivity contribution in [3.63, 3.8) is 0 Å². The molecule has 1 aromatic carbocycles. The Morgan fingerprint density at radius 2 is 2.12 bits per heavy atom. The summed E-state index contributed by atoms with van der Waals surface area (Å²) in [4.78, 5) is 0. The summed E-state index contributed by atoms with van der Waals surface area (Å²) in [6.45, 7) is 2.64. The van der Waals surface area contributed by atoms with Crippen LogP contribution in [0.3, 0.4) is 0 Å². The van der Waals surface area contributed by atoms with Crippen molar-refractivity contribution in [2.75, 3.05) is 7.05 Å². The maximum Gasteiger partial charge on any atom is 0.132 e. The Morgan fingerprint density at radius 3 is 2.81 bits per heavy atom. The SMILES string of the molecule is CNCc1[nH]nc(-c2ccccc2F)c1C. The first kappa shape index (κ1) is 10.8. The molecule has 0 aliphatic heterocycles. The van der Waals surface area contributed by atoms with E-state index in [4.69, 9.17) is 0 Å². The number of benzene rings is 1. The molecule has 0 amide bonds. The molecule has 2 N–H and O–H groups in total. The van der Waals surface area contributed by atoms with E-state index in [1.807, 2.05) is 20.0 Å². The van der Waals surface area contributed by atoms with Crippen LogP contribution in [0.1, 0.15) is 11.3 Å². The molecular formula is C12H14FN3. The molecule has 0 saturated heterocycles. The smallest absolute Gasteiger partial charge is 0.132 e. The third kappa shape index (κ3) is 1.84. The lowest BCUT2D eigenvalue weighted by Gasteiger charge is -2.01. The first-order chi connectivity index (χ1) is 7.74. The zero-order chi connectivity index (χ0) is 11.5. The number of H-pyrrole nitrogens is 1. The molecule has 3 nitrogen and oxygen atoms in total. The Balaban J connectivity index is 2.45. The van der Waals surface area contributed by atoms with Gasteiger partial charge in [0.25, 0.3) is 0 Å². The molecular weight excluding hydrogens is 205 g/mol. The summed E-state index contributed by atoms with van der Waals surface area (Å²) in [7, 11) is 1.86. The van der Waals surface area contributed by atoms with E-state index < -0.39 is 0 Å². The topological polar surface area (TPSA) is 40.7 Å². The normalized spacial score (nSPS) is 10.7. The zero-order valence-corrected chi connectivity index (χ0v) is 9.34. The molecule has 0 spiro atoms. The molecule has 0 unspecified atom stereocenters. The van der Waals surface area contributed by atoms with Gasteiger partial charge in [0.15, 0.2) is 0 Å². The minimum Gasteiger partial charge on any atom is -0.314 e. The summed E-state index contributed by atoms with van der Waals surface area (Å²) < 4.78 is 13.6. The molecule has 2 rings (SSSR count). The molecule has 84 valence electrons. The standard InChI is InChI=1S/C12H14FN3/c1-8-11(7-14-2)15-16-12(8)9-5-3-4-6-10(9)13/h3-6,14H,7H2,1-2H3,(H,15,16). The molecule has 0 bridgehead atoms. The largest absolute Gasteiger partial charge is 0.314 e. The number of aromatic amines is 1. The van der Waals surface area contributed by atoms with E-state index in [0.717, 1.165) is 11.3 Å². The number of rotatable bonds is 3. The van der Waals surface area contributed by atoms with Crippen molar-refractivity contribution in [3.8, 4) is 11.3 Å². The summed E-state index contributed by atoms with van der Waals surface area (Å²) in [6, 6.07) is 6.67. The second-order valence-electron chi connectivity index (χ2n) is 3.69. The maximum atomic E-state index is 13.6. The maximum absolute atomic E-state index is 13.6. The van der Waals surface area contributed by atoms with E-state index in [1.165, 1.54) is 6.07 Å². The minimum atomic E-state index is -0.242. The summed E-state index contributed by atoms with van der Waals surface area (Å²) >= 11 is 0. The van der Waals surface area contributed by atoms with Gasteiger partial charge in [0, 0.05) is 12.1 Å². The van der Waals surface area contributed by atoms with Gasteiger partial charge in [-0.3, -0.25) is 5.10 Å². The molecule has 0 aliphatic rings. The van der Waals surface area contributed by atoms with E-state index in [9.17, 15) is 4.39 Å². The fourth-order valence-electron chi connectivity index (χ4n) is 1.70.